The molecule has 2 aromatic rings. The molecule has 7 nitrogen and oxygen atoms in total. The van der Waals surface area contributed by atoms with E-state index in [0.717, 1.165) is 18.4 Å². The molecule has 3 N–H and O–H groups in total. The van der Waals surface area contributed by atoms with Crippen LogP contribution in [-0.2, 0) is 22.9 Å². The van der Waals surface area contributed by atoms with E-state index in [1.165, 1.54) is 10.4 Å². The molecule has 3 rings (SSSR count). The number of nitrogens with two attached hydrogens (primary N) is 1. The van der Waals surface area contributed by atoms with E-state index in [4.69, 9.17) is 5.73 Å². The normalized spacial score (nSPS) is 15.7. The van der Waals surface area contributed by atoms with Crippen LogP contribution < -0.4 is 11.3 Å². The van der Waals surface area contributed by atoms with E-state index >= 15 is 0 Å². The SMILES string of the molecule is Nc1cc(=O)[nH]c(CCc2ccc(S(=O)(=O)N3CCCC3)cc2)n1. The van der Waals surface area contributed by atoms with Gasteiger partial charge < -0.3 is 10.7 Å². The number of anilines is 1. The summed E-state index contributed by atoms with van der Waals surface area (Å²) in [5.74, 6) is 0.717. The third-order valence-electron chi connectivity index (χ3n) is 4.09. The van der Waals surface area contributed by atoms with Crippen LogP contribution >= 0.6 is 0 Å². The quantitative estimate of drug-likeness (QED) is 0.835. The van der Waals surface area contributed by atoms with Crippen LogP contribution in [0.4, 0.5) is 5.82 Å². The Bertz CT molecular complexity index is 869. The predicted molar refractivity (Wildman–Crippen MR) is 91.1 cm³/mol. The first kappa shape index (κ1) is 16.7. The Kier molecular flexibility index (Phi) is 4.68. The van der Waals surface area contributed by atoms with Crippen molar-refractivity contribution in [1.82, 2.24) is 14.3 Å². The molecule has 1 fully saturated rings. The van der Waals surface area contributed by atoms with Gasteiger partial charge in [0.05, 0.1) is 4.90 Å². The number of nitrogen functional groups attached to an aromatic ring is 1. The second-order valence-corrected chi connectivity index (χ2v) is 7.81. The molecule has 8 heteroatoms. The number of benzene rings is 1. The van der Waals surface area contributed by atoms with Crippen molar-refractivity contribution in [2.75, 3.05) is 18.8 Å². The number of aromatic nitrogens is 2. The van der Waals surface area contributed by atoms with Gasteiger partial charge in [-0.2, -0.15) is 4.31 Å². The average Bonchev–Trinajstić information content (AvgIpc) is 3.08. The number of aryl methyl sites for hydroxylation is 2. The van der Waals surface area contributed by atoms with Gasteiger partial charge in [-0.1, -0.05) is 12.1 Å². The number of rotatable bonds is 5. The summed E-state index contributed by atoms with van der Waals surface area (Å²) in [6.45, 7) is 1.19. The Labute approximate surface area is 140 Å². The van der Waals surface area contributed by atoms with Gasteiger partial charge in [0, 0.05) is 25.6 Å². The molecule has 128 valence electrons. The van der Waals surface area contributed by atoms with Crippen LogP contribution in [0.15, 0.2) is 40.0 Å². The van der Waals surface area contributed by atoms with Crippen LogP contribution in [0.2, 0.25) is 0 Å². The van der Waals surface area contributed by atoms with Gasteiger partial charge >= 0.3 is 0 Å². The Morgan fingerprint density at radius 3 is 2.42 bits per heavy atom. The monoisotopic (exact) mass is 348 g/mol. The minimum absolute atomic E-state index is 0.195. The lowest BCUT2D eigenvalue weighted by molar-refractivity contribution is 0.477. The molecule has 2 heterocycles. The van der Waals surface area contributed by atoms with E-state index in [1.807, 2.05) is 0 Å². The van der Waals surface area contributed by atoms with Gasteiger partial charge in [-0.3, -0.25) is 4.79 Å². The van der Waals surface area contributed by atoms with Crippen molar-refractivity contribution >= 4 is 15.8 Å². The first-order valence-electron chi connectivity index (χ1n) is 7.90. The van der Waals surface area contributed by atoms with Gasteiger partial charge in [-0.25, -0.2) is 13.4 Å². The second kappa shape index (κ2) is 6.74. The molecule has 0 saturated carbocycles. The number of nitrogens with one attached hydrogen (secondary N) is 1. The Morgan fingerprint density at radius 2 is 1.79 bits per heavy atom. The van der Waals surface area contributed by atoms with Gasteiger partial charge in [0.25, 0.3) is 5.56 Å². The van der Waals surface area contributed by atoms with E-state index in [1.54, 1.807) is 24.3 Å². The van der Waals surface area contributed by atoms with Crippen LogP contribution in [0.3, 0.4) is 0 Å². The number of hydrogen-bond donors (Lipinski definition) is 2. The number of H-pyrrole nitrogens is 1. The highest BCUT2D eigenvalue weighted by Gasteiger charge is 2.26. The molecule has 0 radical (unpaired) electrons. The summed E-state index contributed by atoms with van der Waals surface area (Å²) in [5, 5.41) is 0. The molecule has 1 aliphatic heterocycles. The molecule has 0 atom stereocenters. The summed E-state index contributed by atoms with van der Waals surface area (Å²) >= 11 is 0. The molecule has 0 bridgehead atoms. The van der Waals surface area contributed by atoms with Gasteiger partial charge in [-0.15, -0.1) is 0 Å². The number of sulfonamides is 1. The van der Waals surface area contributed by atoms with E-state index in [-0.39, 0.29) is 11.4 Å². The maximum absolute atomic E-state index is 12.5. The summed E-state index contributed by atoms with van der Waals surface area (Å²) in [7, 11) is -3.38. The fourth-order valence-corrected chi connectivity index (χ4v) is 4.33. The summed E-state index contributed by atoms with van der Waals surface area (Å²) in [4.78, 5) is 18.4. The van der Waals surface area contributed by atoms with Crippen LogP contribution in [0, 0.1) is 0 Å². The Hall–Kier alpha value is -2.19. The van der Waals surface area contributed by atoms with Crippen molar-refractivity contribution in [1.29, 1.82) is 0 Å². The molecule has 0 aliphatic carbocycles. The molecule has 1 saturated heterocycles. The highest BCUT2D eigenvalue weighted by Crippen LogP contribution is 2.21. The second-order valence-electron chi connectivity index (χ2n) is 5.87. The van der Waals surface area contributed by atoms with Crippen molar-refractivity contribution in [2.45, 2.75) is 30.6 Å². The van der Waals surface area contributed by atoms with Crippen molar-refractivity contribution in [3.05, 3.63) is 52.1 Å². The number of hydrogen-bond acceptors (Lipinski definition) is 5. The highest BCUT2D eigenvalue weighted by molar-refractivity contribution is 7.89. The molecular weight excluding hydrogens is 328 g/mol. The van der Waals surface area contributed by atoms with Crippen molar-refractivity contribution in [3.8, 4) is 0 Å². The summed E-state index contributed by atoms with van der Waals surface area (Å²) in [5.41, 5.74) is 6.25. The first-order chi connectivity index (χ1) is 11.4. The van der Waals surface area contributed by atoms with E-state index < -0.39 is 10.0 Å². The maximum atomic E-state index is 12.5. The zero-order valence-electron chi connectivity index (χ0n) is 13.2. The molecule has 1 aliphatic rings. The summed E-state index contributed by atoms with van der Waals surface area (Å²) in [6.07, 6.45) is 3.00. The van der Waals surface area contributed by atoms with Gasteiger partial charge in [0.1, 0.15) is 11.6 Å². The topological polar surface area (TPSA) is 109 Å². The smallest absolute Gasteiger partial charge is 0.252 e. The lowest BCUT2D eigenvalue weighted by Crippen LogP contribution is -2.27. The number of aromatic amines is 1. The third-order valence-corrected chi connectivity index (χ3v) is 6.00. The van der Waals surface area contributed by atoms with Crippen LogP contribution in [0.5, 0.6) is 0 Å². The zero-order valence-corrected chi connectivity index (χ0v) is 14.1. The summed E-state index contributed by atoms with van der Waals surface area (Å²) in [6, 6.07) is 8.11. The van der Waals surface area contributed by atoms with Gasteiger partial charge in [0.2, 0.25) is 10.0 Å². The number of nitrogens with zero attached hydrogens (tertiary/aromatic N) is 2. The molecule has 24 heavy (non-hydrogen) atoms. The van der Waals surface area contributed by atoms with Crippen LogP contribution in [0.1, 0.15) is 24.2 Å². The molecular formula is C16H20N4O3S. The van der Waals surface area contributed by atoms with E-state index in [2.05, 4.69) is 9.97 Å². The fraction of sp³-hybridized carbons (Fsp3) is 0.375. The Morgan fingerprint density at radius 1 is 1.12 bits per heavy atom. The van der Waals surface area contributed by atoms with Crippen LogP contribution in [0.25, 0.3) is 0 Å². The predicted octanol–water partition coefficient (Wildman–Crippen LogP) is 0.922. The minimum Gasteiger partial charge on any atom is -0.383 e. The van der Waals surface area contributed by atoms with Gasteiger partial charge in [-0.05, 0) is 37.0 Å². The zero-order chi connectivity index (χ0) is 17.2. The third kappa shape index (κ3) is 3.65. The average molecular weight is 348 g/mol. The maximum Gasteiger partial charge on any atom is 0.252 e. The summed E-state index contributed by atoms with van der Waals surface area (Å²) < 4.78 is 26.5. The van der Waals surface area contributed by atoms with E-state index in [0.29, 0.717) is 36.7 Å². The standard InChI is InChI=1S/C16H20N4O3S/c17-14-11-16(21)19-15(18-14)8-5-12-3-6-13(7-4-12)24(22,23)20-9-1-2-10-20/h3-4,6-7,11H,1-2,5,8-10H2,(H3,17,18,19,21). The van der Waals surface area contributed by atoms with E-state index in [9.17, 15) is 13.2 Å². The van der Waals surface area contributed by atoms with Crippen LogP contribution in [-0.4, -0.2) is 35.8 Å². The molecule has 1 aromatic heterocycles. The molecule has 0 spiro atoms. The van der Waals surface area contributed by atoms with Crippen molar-refractivity contribution in [2.24, 2.45) is 0 Å². The molecule has 0 amide bonds. The van der Waals surface area contributed by atoms with Crippen molar-refractivity contribution in [3.63, 3.8) is 0 Å². The molecule has 0 unspecified atom stereocenters. The lowest BCUT2D eigenvalue weighted by atomic mass is 10.1. The lowest BCUT2D eigenvalue weighted by Gasteiger charge is -2.15. The Balaban J connectivity index is 1.69. The largest absolute Gasteiger partial charge is 0.383 e. The van der Waals surface area contributed by atoms with Crippen molar-refractivity contribution < 1.29 is 8.42 Å². The highest BCUT2D eigenvalue weighted by atomic mass is 32.2. The fourth-order valence-electron chi connectivity index (χ4n) is 2.82. The first-order valence-corrected chi connectivity index (χ1v) is 9.34. The minimum atomic E-state index is -3.38. The molecule has 1 aromatic carbocycles. The van der Waals surface area contributed by atoms with Gasteiger partial charge in [0.15, 0.2) is 0 Å².